The molecule has 0 amide bonds. The fourth-order valence-electron chi connectivity index (χ4n) is 0.716. The summed E-state index contributed by atoms with van der Waals surface area (Å²) in [6, 6.07) is 5.50. The van der Waals surface area contributed by atoms with Crippen molar-refractivity contribution in [1.29, 1.82) is 0 Å². The standard InChI is InChI=1S/C7H11N3.ClH/c8-5-6(9)7-3-1-2-4-10-7;/h1-4,6H,5,8-9H2;1H/t6-;/m0./s1. The van der Waals surface area contributed by atoms with Gasteiger partial charge in [-0.25, -0.2) is 0 Å². The van der Waals surface area contributed by atoms with Gasteiger partial charge >= 0.3 is 0 Å². The first-order valence-electron chi connectivity index (χ1n) is 3.21. The van der Waals surface area contributed by atoms with Crippen LogP contribution < -0.4 is 11.5 Å². The molecule has 62 valence electrons. The van der Waals surface area contributed by atoms with Crippen molar-refractivity contribution >= 4 is 12.4 Å². The molecule has 0 fully saturated rings. The van der Waals surface area contributed by atoms with Gasteiger partial charge in [-0.1, -0.05) is 6.07 Å². The van der Waals surface area contributed by atoms with E-state index in [2.05, 4.69) is 4.98 Å². The molecule has 1 atom stereocenters. The van der Waals surface area contributed by atoms with Crippen LogP contribution in [0.2, 0.25) is 0 Å². The Morgan fingerprint density at radius 3 is 2.64 bits per heavy atom. The van der Waals surface area contributed by atoms with E-state index in [1.54, 1.807) is 6.20 Å². The molecule has 1 heterocycles. The van der Waals surface area contributed by atoms with Gasteiger partial charge < -0.3 is 11.5 Å². The lowest BCUT2D eigenvalue weighted by Crippen LogP contribution is -2.21. The van der Waals surface area contributed by atoms with E-state index in [1.807, 2.05) is 18.2 Å². The van der Waals surface area contributed by atoms with Crippen LogP contribution in [0.15, 0.2) is 24.4 Å². The Morgan fingerprint density at radius 1 is 1.45 bits per heavy atom. The highest BCUT2D eigenvalue weighted by Crippen LogP contribution is 2.02. The molecular weight excluding hydrogens is 162 g/mol. The maximum atomic E-state index is 5.61. The zero-order valence-electron chi connectivity index (χ0n) is 6.10. The second kappa shape index (κ2) is 5.07. The van der Waals surface area contributed by atoms with Crippen LogP contribution in [-0.2, 0) is 0 Å². The average Bonchev–Trinajstić information content (AvgIpc) is 2.05. The predicted molar refractivity (Wildman–Crippen MR) is 47.5 cm³/mol. The number of hydrogen-bond donors (Lipinski definition) is 2. The lowest BCUT2D eigenvalue weighted by atomic mass is 10.2. The summed E-state index contributed by atoms with van der Waals surface area (Å²) in [5.74, 6) is 0. The van der Waals surface area contributed by atoms with Crippen LogP contribution >= 0.6 is 12.4 Å². The van der Waals surface area contributed by atoms with Crippen LogP contribution in [0.4, 0.5) is 0 Å². The molecule has 4 N–H and O–H groups in total. The molecule has 0 aliphatic carbocycles. The van der Waals surface area contributed by atoms with Crippen LogP contribution in [0.1, 0.15) is 11.7 Å². The highest BCUT2D eigenvalue weighted by molar-refractivity contribution is 5.85. The Bertz CT molecular complexity index is 190. The average molecular weight is 174 g/mol. The smallest absolute Gasteiger partial charge is 0.0594 e. The summed E-state index contributed by atoms with van der Waals surface area (Å²) >= 11 is 0. The minimum atomic E-state index is -0.124. The Kier molecular flexibility index (Phi) is 4.77. The molecule has 4 heteroatoms. The SMILES string of the molecule is Cl.NC[C@H](N)c1ccccn1. The summed E-state index contributed by atoms with van der Waals surface area (Å²) in [6.45, 7) is 0.441. The zero-order valence-corrected chi connectivity index (χ0v) is 6.92. The number of hydrogen-bond acceptors (Lipinski definition) is 3. The fraction of sp³-hybridized carbons (Fsp3) is 0.286. The molecule has 0 radical (unpaired) electrons. The molecule has 1 rings (SSSR count). The fourth-order valence-corrected chi connectivity index (χ4v) is 0.716. The maximum absolute atomic E-state index is 5.61. The van der Waals surface area contributed by atoms with Crippen LogP contribution in [0.25, 0.3) is 0 Å². The number of aromatic nitrogens is 1. The highest BCUT2D eigenvalue weighted by atomic mass is 35.5. The number of nitrogens with two attached hydrogens (primary N) is 2. The van der Waals surface area contributed by atoms with E-state index in [0.717, 1.165) is 5.69 Å². The molecule has 0 aromatic carbocycles. The third-order valence-electron chi connectivity index (χ3n) is 1.32. The van der Waals surface area contributed by atoms with Crippen LogP contribution in [0.3, 0.4) is 0 Å². The molecular formula is C7H12ClN3. The summed E-state index contributed by atoms with van der Waals surface area (Å²) in [5, 5.41) is 0. The van der Waals surface area contributed by atoms with Crippen molar-refractivity contribution in [2.75, 3.05) is 6.54 Å². The highest BCUT2D eigenvalue weighted by Gasteiger charge is 2.01. The first kappa shape index (κ1) is 10.4. The van der Waals surface area contributed by atoms with E-state index in [4.69, 9.17) is 11.5 Å². The molecule has 11 heavy (non-hydrogen) atoms. The van der Waals surface area contributed by atoms with Crippen LogP contribution in [-0.4, -0.2) is 11.5 Å². The van der Waals surface area contributed by atoms with Crippen molar-refractivity contribution in [3.05, 3.63) is 30.1 Å². The third-order valence-corrected chi connectivity index (χ3v) is 1.32. The Morgan fingerprint density at radius 2 is 2.18 bits per heavy atom. The van der Waals surface area contributed by atoms with E-state index in [-0.39, 0.29) is 18.4 Å². The summed E-state index contributed by atoms with van der Waals surface area (Å²) in [5.41, 5.74) is 11.8. The molecule has 0 aliphatic rings. The van der Waals surface area contributed by atoms with E-state index in [9.17, 15) is 0 Å². The summed E-state index contributed by atoms with van der Waals surface area (Å²) < 4.78 is 0. The molecule has 0 saturated heterocycles. The van der Waals surface area contributed by atoms with Crippen LogP contribution in [0.5, 0.6) is 0 Å². The van der Waals surface area contributed by atoms with Crippen molar-refractivity contribution in [2.45, 2.75) is 6.04 Å². The van der Waals surface area contributed by atoms with Crippen LogP contribution in [0, 0.1) is 0 Å². The maximum Gasteiger partial charge on any atom is 0.0594 e. The number of rotatable bonds is 2. The number of halogens is 1. The molecule has 0 saturated carbocycles. The van der Waals surface area contributed by atoms with Gasteiger partial charge in [0.05, 0.1) is 11.7 Å². The van der Waals surface area contributed by atoms with Gasteiger partial charge in [-0.2, -0.15) is 0 Å². The molecule has 3 nitrogen and oxygen atoms in total. The van der Waals surface area contributed by atoms with Gasteiger partial charge in [-0.3, -0.25) is 4.98 Å². The minimum Gasteiger partial charge on any atom is -0.329 e. The van der Waals surface area contributed by atoms with Crippen molar-refractivity contribution < 1.29 is 0 Å². The lowest BCUT2D eigenvalue weighted by Gasteiger charge is -2.05. The third kappa shape index (κ3) is 2.84. The van der Waals surface area contributed by atoms with Gasteiger partial charge in [-0.05, 0) is 12.1 Å². The Hall–Kier alpha value is -0.640. The second-order valence-electron chi connectivity index (χ2n) is 2.10. The summed E-state index contributed by atoms with van der Waals surface area (Å²) in [6.07, 6.45) is 1.71. The number of pyridine rings is 1. The van der Waals surface area contributed by atoms with E-state index >= 15 is 0 Å². The van der Waals surface area contributed by atoms with Gasteiger partial charge in [-0.15, -0.1) is 12.4 Å². The quantitative estimate of drug-likeness (QED) is 0.683. The molecule has 0 bridgehead atoms. The molecule has 0 aliphatic heterocycles. The van der Waals surface area contributed by atoms with Crippen molar-refractivity contribution in [3.63, 3.8) is 0 Å². The van der Waals surface area contributed by atoms with Crippen molar-refractivity contribution in [2.24, 2.45) is 11.5 Å². The minimum absolute atomic E-state index is 0. The largest absolute Gasteiger partial charge is 0.329 e. The van der Waals surface area contributed by atoms with E-state index in [1.165, 1.54) is 0 Å². The second-order valence-corrected chi connectivity index (χ2v) is 2.10. The Labute approximate surface area is 72.2 Å². The van der Waals surface area contributed by atoms with Gasteiger partial charge in [0, 0.05) is 12.7 Å². The molecule has 1 aromatic heterocycles. The monoisotopic (exact) mass is 173 g/mol. The van der Waals surface area contributed by atoms with Crippen molar-refractivity contribution in [3.8, 4) is 0 Å². The van der Waals surface area contributed by atoms with Gasteiger partial charge in [0.2, 0.25) is 0 Å². The first-order valence-corrected chi connectivity index (χ1v) is 3.21. The first-order chi connectivity index (χ1) is 4.84. The molecule has 0 unspecified atom stereocenters. The topological polar surface area (TPSA) is 64.9 Å². The van der Waals surface area contributed by atoms with Gasteiger partial charge in [0.1, 0.15) is 0 Å². The molecule has 1 aromatic rings. The van der Waals surface area contributed by atoms with Gasteiger partial charge in [0.15, 0.2) is 0 Å². The number of nitrogens with zero attached hydrogens (tertiary/aromatic N) is 1. The predicted octanol–water partition coefficient (Wildman–Crippen LogP) is 0.462. The zero-order chi connectivity index (χ0) is 7.40. The lowest BCUT2D eigenvalue weighted by molar-refractivity contribution is 0.711. The van der Waals surface area contributed by atoms with Gasteiger partial charge in [0.25, 0.3) is 0 Å². The van der Waals surface area contributed by atoms with E-state index in [0.29, 0.717) is 6.54 Å². The summed E-state index contributed by atoms with van der Waals surface area (Å²) in [4.78, 5) is 4.04. The van der Waals surface area contributed by atoms with E-state index < -0.39 is 0 Å². The molecule has 0 spiro atoms. The summed E-state index contributed by atoms with van der Waals surface area (Å²) in [7, 11) is 0. The normalized spacial score (nSPS) is 11.8. The Balaban J connectivity index is 0.000001000. The van der Waals surface area contributed by atoms with Crippen molar-refractivity contribution in [1.82, 2.24) is 4.98 Å².